The maximum Gasteiger partial charge on any atom is 0.246 e. The third-order valence-corrected chi connectivity index (χ3v) is 5.72. The predicted molar refractivity (Wildman–Crippen MR) is 112 cm³/mol. The summed E-state index contributed by atoms with van der Waals surface area (Å²) in [5.41, 5.74) is 2.25. The molecule has 0 saturated carbocycles. The van der Waals surface area contributed by atoms with Crippen LogP contribution in [0.2, 0.25) is 0 Å². The molecular weight excluding hydrogens is 374 g/mol. The second kappa shape index (κ2) is 8.76. The first-order chi connectivity index (χ1) is 13.2. The quantitative estimate of drug-likeness (QED) is 0.831. The fourth-order valence-corrected chi connectivity index (χ4v) is 4.39. The number of hydrogen-bond acceptors (Lipinski definition) is 3. The summed E-state index contributed by atoms with van der Waals surface area (Å²) < 4.78 is 0. The Morgan fingerprint density at radius 2 is 1.61 bits per heavy atom. The molecule has 0 aromatic heterocycles. The molecule has 0 radical (unpaired) electrons. The highest BCUT2D eigenvalue weighted by atomic mass is 35.5. The maximum atomic E-state index is 13.1. The molecule has 2 N–H and O–H groups in total. The molecule has 5 nitrogen and oxygen atoms in total. The van der Waals surface area contributed by atoms with Crippen molar-refractivity contribution >= 4 is 24.2 Å². The van der Waals surface area contributed by atoms with Gasteiger partial charge in [0.05, 0.1) is 6.54 Å². The van der Waals surface area contributed by atoms with E-state index in [4.69, 9.17) is 0 Å². The van der Waals surface area contributed by atoms with E-state index in [9.17, 15) is 9.59 Å². The molecule has 2 aliphatic rings. The number of nitrogens with zero attached hydrogens (tertiary/aromatic N) is 1. The lowest BCUT2D eigenvalue weighted by Gasteiger charge is -2.45. The molecule has 6 heteroatoms. The first kappa shape index (κ1) is 20.4. The first-order valence-corrected chi connectivity index (χ1v) is 9.59. The van der Waals surface area contributed by atoms with Crippen LogP contribution in [0.1, 0.15) is 24.0 Å². The third-order valence-electron chi connectivity index (χ3n) is 5.72. The second-order valence-corrected chi connectivity index (χ2v) is 7.43. The number of rotatable bonds is 3. The minimum atomic E-state index is -0.478. The van der Waals surface area contributed by atoms with Crippen molar-refractivity contribution < 1.29 is 9.59 Å². The lowest BCUT2D eigenvalue weighted by molar-refractivity contribution is -0.139. The van der Waals surface area contributed by atoms with Gasteiger partial charge in [0, 0.05) is 25.0 Å². The summed E-state index contributed by atoms with van der Waals surface area (Å²) in [5, 5.41) is 5.86. The highest BCUT2D eigenvalue weighted by Crippen LogP contribution is 2.40. The van der Waals surface area contributed by atoms with Crippen molar-refractivity contribution in [2.24, 2.45) is 0 Å². The monoisotopic (exact) mass is 399 g/mol. The zero-order valence-corrected chi connectivity index (χ0v) is 16.6. The van der Waals surface area contributed by atoms with Gasteiger partial charge in [-0.25, -0.2) is 0 Å². The summed E-state index contributed by atoms with van der Waals surface area (Å²) in [6, 6.07) is 20.4. The Bertz CT molecular complexity index is 774. The highest BCUT2D eigenvalue weighted by molar-refractivity contribution is 5.90. The number of piperazine rings is 1. The molecule has 0 spiro atoms. The molecule has 1 unspecified atom stereocenters. The van der Waals surface area contributed by atoms with E-state index < -0.39 is 6.04 Å². The number of hydrogen-bond donors (Lipinski definition) is 2. The summed E-state index contributed by atoms with van der Waals surface area (Å²) >= 11 is 0. The van der Waals surface area contributed by atoms with E-state index in [1.807, 2.05) is 17.0 Å². The van der Waals surface area contributed by atoms with Crippen molar-refractivity contribution in [3.63, 3.8) is 0 Å². The number of halogens is 1. The van der Waals surface area contributed by atoms with Crippen LogP contribution in [-0.2, 0) is 15.0 Å². The number of carbonyl (C=O) groups is 2. The largest absolute Gasteiger partial charge is 0.342 e. The number of amides is 2. The molecule has 4 rings (SSSR count). The van der Waals surface area contributed by atoms with Crippen LogP contribution in [0.3, 0.4) is 0 Å². The van der Waals surface area contributed by atoms with Gasteiger partial charge in [-0.2, -0.15) is 0 Å². The van der Waals surface area contributed by atoms with E-state index in [2.05, 4.69) is 59.2 Å². The Kier molecular flexibility index (Phi) is 6.37. The highest BCUT2D eigenvalue weighted by Gasteiger charge is 2.41. The van der Waals surface area contributed by atoms with Gasteiger partial charge in [0.25, 0.3) is 0 Å². The predicted octanol–water partition coefficient (Wildman–Crippen LogP) is 2.10. The van der Waals surface area contributed by atoms with E-state index in [1.165, 1.54) is 11.1 Å². The molecule has 2 fully saturated rings. The number of likely N-dealkylation sites (tertiary alicyclic amines) is 1. The molecule has 0 bridgehead atoms. The number of carbonyl (C=O) groups excluding carboxylic acids is 2. The summed E-state index contributed by atoms with van der Waals surface area (Å²) in [7, 11) is 0. The molecule has 148 valence electrons. The number of nitrogens with one attached hydrogen (secondary N) is 2. The number of piperidine rings is 1. The van der Waals surface area contributed by atoms with Crippen LogP contribution >= 0.6 is 12.4 Å². The lowest BCUT2D eigenvalue weighted by atomic mass is 9.69. The summed E-state index contributed by atoms with van der Waals surface area (Å²) in [6.07, 6.45) is 1.93. The minimum absolute atomic E-state index is 0. The van der Waals surface area contributed by atoms with Crippen molar-refractivity contribution in [2.45, 2.75) is 24.3 Å². The van der Waals surface area contributed by atoms with E-state index in [0.29, 0.717) is 13.1 Å². The van der Waals surface area contributed by atoms with Gasteiger partial charge >= 0.3 is 0 Å². The molecule has 2 aromatic rings. The Morgan fingerprint density at radius 1 is 1.00 bits per heavy atom. The van der Waals surface area contributed by atoms with Gasteiger partial charge in [-0.15, -0.1) is 12.4 Å². The maximum absolute atomic E-state index is 13.1. The van der Waals surface area contributed by atoms with Gasteiger partial charge in [0.2, 0.25) is 11.8 Å². The van der Waals surface area contributed by atoms with E-state index in [1.54, 1.807) is 0 Å². The van der Waals surface area contributed by atoms with E-state index in [-0.39, 0.29) is 36.2 Å². The van der Waals surface area contributed by atoms with Crippen molar-refractivity contribution in [1.29, 1.82) is 0 Å². The van der Waals surface area contributed by atoms with E-state index >= 15 is 0 Å². The Hall–Kier alpha value is -2.37. The van der Waals surface area contributed by atoms with Gasteiger partial charge in [-0.05, 0) is 24.0 Å². The van der Waals surface area contributed by atoms with E-state index in [0.717, 1.165) is 19.4 Å². The van der Waals surface area contributed by atoms with Crippen LogP contribution in [0.4, 0.5) is 0 Å². The van der Waals surface area contributed by atoms with Gasteiger partial charge in [-0.1, -0.05) is 60.7 Å². The zero-order valence-electron chi connectivity index (χ0n) is 15.8. The SMILES string of the molecule is Cl.O=C1CNCC(C(=O)N2CCCC(c3ccccc3)(c3ccccc3)C2)N1. The molecule has 2 amide bonds. The van der Waals surface area contributed by atoms with Gasteiger partial charge < -0.3 is 15.5 Å². The van der Waals surface area contributed by atoms with Crippen LogP contribution in [-0.4, -0.2) is 48.9 Å². The Morgan fingerprint density at radius 3 is 2.18 bits per heavy atom. The smallest absolute Gasteiger partial charge is 0.246 e. The average Bonchev–Trinajstić information content (AvgIpc) is 2.74. The topological polar surface area (TPSA) is 61.4 Å². The molecule has 0 aliphatic carbocycles. The normalized spacial score (nSPS) is 21.4. The van der Waals surface area contributed by atoms with Crippen molar-refractivity contribution in [3.8, 4) is 0 Å². The standard InChI is InChI=1S/C22H25N3O2.ClH/c26-20-15-23-14-19(24-20)21(27)25-13-7-12-22(16-25,17-8-3-1-4-9-17)18-10-5-2-6-11-18;/h1-6,8-11,19,23H,7,12-16H2,(H,24,26);1H. The third kappa shape index (κ3) is 3.91. The lowest BCUT2D eigenvalue weighted by Crippen LogP contribution is -2.61. The molecule has 2 aromatic carbocycles. The van der Waals surface area contributed by atoms with Gasteiger partial charge in [-0.3, -0.25) is 9.59 Å². The summed E-state index contributed by atoms with van der Waals surface area (Å²) in [5.74, 6) is -0.111. The van der Waals surface area contributed by atoms with Crippen molar-refractivity contribution in [2.75, 3.05) is 26.2 Å². The fourth-order valence-electron chi connectivity index (χ4n) is 4.39. The zero-order chi connectivity index (χ0) is 18.7. The first-order valence-electron chi connectivity index (χ1n) is 9.59. The van der Waals surface area contributed by atoms with Crippen LogP contribution in [0.25, 0.3) is 0 Å². The van der Waals surface area contributed by atoms with Crippen LogP contribution in [0.5, 0.6) is 0 Å². The van der Waals surface area contributed by atoms with Crippen LogP contribution in [0, 0.1) is 0 Å². The summed E-state index contributed by atoms with van der Waals surface area (Å²) in [4.78, 5) is 26.7. The fraction of sp³-hybridized carbons (Fsp3) is 0.364. The van der Waals surface area contributed by atoms with Gasteiger partial charge in [0.15, 0.2) is 0 Å². The molecular formula is C22H26ClN3O2. The Balaban J connectivity index is 0.00000225. The number of benzene rings is 2. The second-order valence-electron chi connectivity index (χ2n) is 7.43. The molecule has 28 heavy (non-hydrogen) atoms. The van der Waals surface area contributed by atoms with Crippen LogP contribution in [0.15, 0.2) is 60.7 Å². The molecule has 2 aliphatic heterocycles. The van der Waals surface area contributed by atoms with Crippen LogP contribution < -0.4 is 10.6 Å². The molecule has 2 heterocycles. The minimum Gasteiger partial charge on any atom is -0.342 e. The van der Waals surface area contributed by atoms with Crippen molar-refractivity contribution in [3.05, 3.63) is 71.8 Å². The van der Waals surface area contributed by atoms with Gasteiger partial charge in [0.1, 0.15) is 6.04 Å². The van der Waals surface area contributed by atoms with Crippen molar-refractivity contribution in [1.82, 2.24) is 15.5 Å². The average molecular weight is 400 g/mol. The Labute approximate surface area is 171 Å². The molecule has 1 atom stereocenters. The molecule has 2 saturated heterocycles. The summed E-state index contributed by atoms with van der Waals surface area (Å²) in [6.45, 7) is 2.13.